The van der Waals surface area contributed by atoms with E-state index in [4.69, 9.17) is 10.5 Å². The molecule has 1 amide bonds. The Bertz CT molecular complexity index is 772. The Labute approximate surface area is 169 Å². The minimum Gasteiger partial charge on any atom is -0.383 e. The van der Waals surface area contributed by atoms with E-state index in [0.29, 0.717) is 11.4 Å². The van der Waals surface area contributed by atoms with Crippen LogP contribution in [0.1, 0.15) is 25.1 Å². The number of nitrogens with two attached hydrogens (primary N) is 1. The standard InChI is InChI=1S/C17H22FN5O2.2ClH/c1-25-10-13(19)17(24)20-14-9-11(6-7-12(14)18)16-22-21-15-5-3-2-4-8-23(15)16;;/h6-7,9,13H,2-5,8,10,19H2,1H3,(H,20,24);2*1H. The number of ether oxygens (including phenoxy) is 1. The molecule has 0 spiro atoms. The number of carbonyl (C=O) groups is 1. The van der Waals surface area contributed by atoms with Crippen molar-refractivity contribution in [2.45, 2.75) is 38.3 Å². The summed E-state index contributed by atoms with van der Waals surface area (Å²) >= 11 is 0. The Kier molecular flexibility index (Phi) is 9.11. The topological polar surface area (TPSA) is 95.1 Å². The van der Waals surface area contributed by atoms with Crippen molar-refractivity contribution in [3.8, 4) is 11.4 Å². The summed E-state index contributed by atoms with van der Waals surface area (Å²) in [6.07, 6.45) is 4.21. The van der Waals surface area contributed by atoms with E-state index >= 15 is 0 Å². The third kappa shape index (κ3) is 5.38. The molecule has 0 saturated heterocycles. The molecule has 3 rings (SSSR count). The van der Waals surface area contributed by atoms with Crippen molar-refractivity contribution in [2.24, 2.45) is 5.73 Å². The number of methoxy groups -OCH3 is 1. The first-order chi connectivity index (χ1) is 12.1. The van der Waals surface area contributed by atoms with Crippen LogP contribution in [0.5, 0.6) is 0 Å². The molecule has 1 atom stereocenters. The average Bonchev–Trinajstić information content (AvgIpc) is 2.85. The van der Waals surface area contributed by atoms with Crippen LogP contribution in [0, 0.1) is 5.82 Å². The first kappa shape index (κ1) is 23.3. The van der Waals surface area contributed by atoms with E-state index in [-0.39, 0.29) is 37.1 Å². The Hall–Kier alpha value is -1.74. The van der Waals surface area contributed by atoms with Crippen LogP contribution in [0.2, 0.25) is 0 Å². The van der Waals surface area contributed by atoms with E-state index in [1.807, 2.05) is 0 Å². The normalized spacial score (nSPS) is 14.2. The number of fused-ring (bicyclic) bond motifs is 1. The third-order valence-corrected chi connectivity index (χ3v) is 4.27. The van der Waals surface area contributed by atoms with Crippen LogP contribution in [0.25, 0.3) is 11.4 Å². The molecule has 1 aromatic carbocycles. The van der Waals surface area contributed by atoms with Crippen LogP contribution in [0.3, 0.4) is 0 Å². The molecule has 1 aliphatic heterocycles. The van der Waals surface area contributed by atoms with Gasteiger partial charge in [-0.2, -0.15) is 0 Å². The summed E-state index contributed by atoms with van der Waals surface area (Å²) in [5, 5.41) is 11.0. The molecular formula is C17H24Cl2FN5O2. The van der Waals surface area contributed by atoms with Gasteiger partial charge in [-0.05, 0) is 31.0 Å². The molecule has 0 bridgehead atoms. The highest BCUT2D eigenvalue weighted by atomic mass is 35.5. The molecule has 1 aliphatic rings. The molecule has 2 heterocycles. The number of hydrogen-bond acceptors (Lipinski definition) is 5. The van der Waals surface area contributed by atoms with Gasteiger partial charge in [0.25, 0.3) is 0 Å². The van der Waals surface area contributed by atoms with E-state index in [1.165, 1.54) is 13.2 Å². The van der Waals surface area contributed by atoms with Gasteiger partial charge in [0.15, 0.2) is 5.82 Å². The number of carbonyl (C=O) groups excluding carboxylic acids is 1. The van der Waals surface area contributed by atoms with Crippen LogP contribution < -0.4 is 11.1 Å². The minimum atomic E-state index is -0.863. The molecule has 27 heavy (non-hydrogen) atoms. The van der Waals surface area contributed by atoms with Crippen LogP contribution in [0.15, 0.2) is 18.2 Å². The number of nitrogens with one attached hydrogen (secondary N) is 1. The van der Waals surface area contributed by atoms with E-state index in [9.17, 15) is 9.18 Å². The van der Waals surface area contributed by atoms with E-state index in [2.05, 4.69) is 20.1 Å². The van der Waals surface area contributed by atoms with Gasteiger partial charge in [0.1, 0.15) is 17.7 Å². The zero-order valence-corrected chi connectivity index (χ0v) is 16.6. The fraction of sp³-hybridized carbons (Fsp3) is 0.471. The zero-order valence-electron chi connectivity index (χ0n) is 15.0. The summed E-state index contributed by atoms with van der Waals surface area (Å²) in [6.45, 7) is 0.903. The maximum absolute atomic E-state index is 14.1. The quantitative estimate of drug-likeness (QED) is 0.776. The first-order valence-electron chi connectivity index (χ1n) is 8.37. The number of halogens is 3. The minimum absolute atomic E-state index is 0. The average molecular weight is 420 g/mol. The highest BCUT2D eigenvalue weighted by Crippen LogP contribution is 2.26. The molecule has 10 heteroatoms. The molecule has 0 radical (unpaired) electrons. The van der Waals surface area contributed by atoms with Crippen molar-refractivity contribution in [1.82, 2.24) is 14.8 Å². The highest BCUT2D eigenvalue weighted by molar-refractivity contribution is 5.95. The third-order valence-electron chi connectivity index (χ3n) is 4.27. The predicted octanol–water partition coefficient (Wildman–Crippen LogP) is 2.57. The maximum Gasteiger partial charge on any atom is 0.243 e. The number of benzene rings is 1. The Balaban J connectivity index is 0.00000182. The van der Waals surface area contributed by atoms with Crippen LogP contribution in [-0.2, 0) is 22.5 Å². The lowest BCUT2D eigenvalue weighted by atomic mass is 10.1. The Morgan fingerprint density at radius 1 is 1.33 bits per heavy atom. The van der Waals surface area contributed by atoms with Gasteiger partial charge in [-0.25, -0.2) is 4.39 Å². The number of hydrogen-bond donors (Lipinski definition) is 2. The van der Waals surface area contributed by atoms with Gasteiger partial charge in [0.2, 0.25) is 5.91 Å². The van der Waals surface area contributed by atoms with Crippen molar-refractivity contribution < 1.29 is 13.9 Å². The summed E-state index contributed by atoms with van der Waals surface area (Å²) in [7, 11) is 1.45. The molecule has 150 valence electrons. The number of anilines is 1. The van der Waals surface area contributed by atoms with Gasteiger partial charge >= 0.3 is 0 Å². The van der Waals surface area contributed by atoms with Gasteiger partial charge in [0.05, 0.1) is 12.3 Å². The van der Waals surface area contributed by atoms with E-state index in [0.717, 1.165) is 38.1 Å². The molecule has 0 aliphatic carbocycles. The van der Waals surface area contributed by atoms with Crippen LogP contribution in [-0.4, -0.2) is 40.4 Å². The van der Waals surface area contributed by atoms with Gasteiger partial charge in [-0.1, -0.05) is 6.42 Å². The zero-order chi connectivity index (χ0) is 17.8. The molecular weight excluding hydrogens is 396 g/mol. The molecule has 2 aromatic rings. The number of rotatable bonds is 5. The fourth-order valence-corrected chi connectivity index (χ4v) is 2.94. The number of aryl methyl sites for hydroxylation is 1. The summed E-state index contributed by atoms with van der Waals surface area (Å²) in [5.41, 5.74) is 6.46. The summed E-state index contributed by atoms with van der Waals surface area (Å²) in [5.74, 6) is 0.605. The number of amides is 1. The molecule has 1 unspecified atom stereocenters. The lowest BCUT2D eigenvalue weighted by molar-refractivity contribution is -0.118. The second-order valence-corrected chi connectivity index (χ2v) is 6.15. The summed E-state index contributed by atoms with van der Waals surface area (Å²) < 4.78 is 21.0. The SMILES string of the molecule is COCC(N)C(=O)Nc1cc(-c2nnc3n2CCCCC3)ccc1F.Cl.Cl. The van der Waals surface area contributed by atoms with Gasteiger partial charge in [0, 0.05) is 25.6 Å². The summed E-state index contributed by atoms with van der Waals surface area (Å²) in [4.78, 5) is 12.0. The maximum atomic E-state index is 14.1. The van der Waals surface area contributed by atoms with Crippen LogP contribution >= 0.6 is 24.8 Å². The van der Waals surface area contributed by atoms with Crippen molar-refractivity contribution >= 4 is 36.4 Å². The van der Waals surface area contributed by atoms with Gasteiger partial charge in [-0.15, -0.1) is 35.0 Å². The second kappa shape index (κ2) is 10.6. The molecule has 1 aromatic heterocycles. The molecule has 7 nitrogen and oxygen atoms in total. The predicted molar refractivity (Wildman–Crippen MR) is 106 cm³/mol. The highest BCUT2D eigenvalue weighted by Gasteiger charge is 2.19. The Morgan fingerprint density at radius 3 is 2.85 bits per heavy atom. The monoisotopic (exact) mass is 419 g/mol. The second-order valence-electron chi connectivity index (χ2n) is 6.15. The molecule has 0 fully saturated rings. The van der Waals surface area contributed by atoms with Crippen molar-refractivity contribution in [2.75, 3.05) is 19.0 Å². The van der Waals surface area contributed by atoms with Crippen molar-refractivity contribution in [1.29, 1.82) is 0 Å². The summed E-state index contributed by atoms with van der Waals surface area (Å²) in [6, 6.07) is 3.65. The number of aromatic nitrogens is 3. The largest absolute Gasteiger partial charge is 0.383 e. The smallest absolute Gasteiger partial charge is 0.243 e. The van der Waals surface area contributed by atoms with Crippen LogP contribution in [0.4, 0.5) is 10.1 Å². The molecule has 3 N–H and O–H groups in total. The lowest BCUT2D eigenvalue weighted by Gasteiger charge is -2.13. The van der Waals surface area contributed by atoms with Gasteiger partial charge < -0.3 is 20.4 Å². The molecule has 0 saturated carbocycles. The first-order valence-corrected chi connectivity index (χ1v) is 8.37. The van der Waals surface area contributed by atoms with E-state index in [1.54, 1.807) is 12.1 Å². The van der Waals surface area contributed by atoms with Crippen molar-refractivity contribution in [3.63, 3.8) is 0 Å². The Morgan fingerprint density at radius 2 is 2.11 bits per heavy atom. The van der Waals surface area contributed by atoms with Gasteiger partial charge in [-0.3, -0.25) is 4.79 Å². The lowest BCUT2D eigenvalue weighted by Crippen LogP contribution is -2.39. The fourth-order valence-electron chi connectivity index (χ4n) is 2.94. The van der Waals surface area contributed by atoms with E-state index < -0.39 is 17.8 Å². The van der Waals surface area contributed by atoms with Crippen molar-refractivity contribution in [3.05, 3.63) is 29.8 Å². The number of nitrogens with zero attached hydrogens (tertiary/aromatic N) is 3.